The van der Waals surface area contributed by atoms with Gasteiger partial charge in [-0.15, -0.1) is 0 Å². The summed E-state index contributed by atoms with van der Waals surface area (Å²) in [5, 5.41) is 4.06. The summed E-state index contributed by atoms with van der Waals surface area (Å²) in [6, 6.07) is 7.87. The van der Waals surface area contributed by atoms with Crippen molar-refractivity contribution in [2.24, 2.45) is 0 Å². The molecular formula is C12H16ClNO. The van der Waals surface area contributed by atoms with Gasteiger partial charge in [-0.3, -0.25) is 0 Å². The van der Waals surface area contributed by atoms with Crippen LogP contribution in [0, 0.1) is 0 Å². The number of nitrogens with one attached hydrogen (secondary N) is 1. The molecule has 1 aliphatic rings. The molecule has 2 atom stereocenters. The quantitative estimate of drug-likeness (QED) is 0.854. The van der Waals surface area contributed by atoms with Crippen LogP contribution in [0.25, 0.3) is 0 Å². The smallest absolute Gasteiger partial charge is 0.0801 e. The molecule has 0 bridgehead atoms. The largest absolute Gasteiger partial charge is 0.369 e. The van der Waals surface area contributed by atoms with Gasteiger partial charge in [-0.1, -0.05) is 23.7 Å². The van der Waals surface area contributed by atoms with Crippen molar-refractivity contribution in [3.05, 3.63) is 34.9 Å². The molecule has 1 fully saturated rings. The van der Waals surface area contributed by atoms with Crippen molar-refractivity contribution in [2.45, 2.75) is 25.6 Å². The average Bonchev–Trinajstić information content (AvgIpc) is 2.70. The number of rotatable bonds is 3. The fraction of sp³-hybridized carbons (Fsp3) is 0.500. The van der Waals surface area contributed by atoms with E-state index in [-0.39, 0.29) is 6.10 Å². The van der Waals surface area contributed by atoms with Crippen LogP contribution in [-0.2, 0) is 4.74 Å². The van der Waals surface area contributed by atoms with E-state index in [0.29, 0.717) is 6.10 Å². The van der Waals surface area contributed by atoms with Crippen LogP contribution in [0.2, 0.25) is 5.02 Å². The third-order valence-electron chi connectivity index (χ3n) is 2.73. The molecule has 1 N–H and O–H groups in total. The molecule has 1 aromatic rings. The van der Waals surface area contributed by atoms with Crippen molar-refractivity contribution in [1.82, 2.24) is 5.32 Å². The van der Waals surface area contributed by atoms with Crippen LogP contribution < -0.4 is 5.32 Å². The topological polar surface area (TPSA) is 21.3 Å². The molecule has 0 spiro atoms. The highest BCUT2D eigenvalue weighted by molar-refractivity contribution is 6.30. The van der Waals surface area contributed by atoms with Gasteiger partial charge in [-0.05, 0) is 37.6 Å². The van der Waals surface area contributed by atoms with Crippen LogP contribution in [0.4, 0.5) is 0 Å². The van der Waals surface area contributed by atoms with Gasteiger partial charge in [-0.25, -0.2) is 0 Å². The molecule has 82 valence electrons. The van der Waals surface area contributed by atoms with E-state index in [9.17, 15) is 0 Å². The number of benzene rings is 1. The lowest BCUT2D eigenvalue weighted by atomic mass is 10.1. The maximum atomic E-state index is 5.94. The van der Waals surface area contributed by atoms with Gasteiger partial charge in [-0.2, -0.15) is 0 Å². The zero-order chi connectivity index (χ0) is 10.7. The van der Waals surface area contributed by atoms with Crippen LogP contribution in [-0.4, -0.2) is 19.2 Å². The van der Waals surface area contributed by atoms with E-state index < -0.39 is 0 Å². The summed E-state index contributed by atoms with van der Waals surface area (Å²) in [5.41, 5.74) is 1.15. The molecule has 3 heteroatoms. The number of ether oxygens (including phenoxy) is 1. The normalized spacial score (nSPS) is 22.9. The molecule has 1 aliphatic heterocycles. The number of halogens is 1. The van der Waals surface area contributed by atoms with E-state index >= 15 is 0 Å². The predicted molar refractivity (Wildman–Crippen MR) is 62.2 cm³/mol. The van der Waals surface area contributed by atoms with Crippen LogP contribution in [0.15, 0.2) is 24.3 Å². The van der Waals surface area contributed by atoms with Crippen molar-refractivity contribution in [3.8, 4) is 0 Å². The molecule has 15 heavy (non-hydrogen) atoms. The third-order valence-corrected chi connectivity index (χ3v) is 2.96. The van der Waals surface area contributed by atoms with Gasteiger partial charge in [0.2, 0.25) is 0 Å². The maximum absolute atomic E-state index is 5.94. The second kappa shape index (κ2) is 4.97. The lowest BCUT2D eigenvalue weighted by Crippen LogP contribution is -2.18. The first-order valence-corrected chi connectivity index (χ1v) is 5.75. The third kappa shape index (κ3) is 2.94. The van der Waals surface area contributed by atoms with E-state index in [0.717, 1.165) is 30.1 Å². The Labute approximate surface area is 95.6 Å². The van der Waals surface area contributed by atoms with E-state index in [1.807, 2.05) is 18.2 Å². The van der Waals surface area contributed by atoms with Crippen LogP contribution in [0.3, 0.4) is 0 Å². The highest BCUT2D eigenvalue weighted by Crippen LogP contribution is 2.22. The van der Waals surface area contributed by atoms with Gasteiger partial charge < -0.3 is 10.1 Å². The van der Waals surface area contributed by atoms with Crippen molar-refractivity contribution in [1.29, 1.82) is 0 Å². The molecule has 2 nitrogen and oxygen atoms in total. The summed E-state index contributed by atoms with van der Waals surface area (Å²) >= 11 is 5.94. The summed E-state index contributed by atoms with van der Waals surface area (Å²) in [6.07, 6.45) is 1.57. The predicted octanol–water partition coefficient (Wildman–Crippen LogP) is 2.78. The summed E-state index contributed by atoms with van der Waals surface area (Å²) in [5.74, 6) is 0. The van der Waals surface area contributed by atoms with Gasteiger partial charge in [0.1, 0.15) is 0 Å². The Bertz CT molecular complexity index is 323. The first-order chi connectivity index (χ1) is 7.25. The van der Waals surface area contributed by atoms with Crippen molar-refractivity contribution in [3.63, 3.8) is 0 Å². The maximum Gasteiger partial charge on any atom is 0.0801 e. The van der Waals surface area contributed by atoms with Gasteiger partial charge in [0.15, 0.2) is 0 Å². The molecule has 2 rings (SSSR count). The Balaban J connectivity index is 1.97. The molecule has 1 saturated heterocycles. The molecule has 0 saturated carbocycles. The standard InChI is InChI=1S/C12H16ClNO/c1-9(15-12-5-6-14-8-12)10-3-2-4-11(13)7-10/h2-4,7,9,12,14H,5-6,8H2,1H3. The molecule has 0 aromatic heterocycles. The van der Waals surface area contributed by atoms with Crippen molar-refractivity contribution < 1.29 is 4.74 Å². The van der Waals surface area contributed by atoms with E-state index in [1.165, 1.54) is 0 Å². The Hall–Kier alpha value is -0.570. The monoisotopic (exact) mass is 225 g/mol. The SMILES string of the molecule is CC(OC1CCNC1)c1cccc(Cl)c1. The fourth-order valence-electron chi connectivity index (χ4n) is 1.87. The lowest BCUT2D eigenvalue weighted by Gasteiger charge is -2.18. The van der Waals surface area contributed by atoms with E-state index in [1.54, 1.807) is 0 Å². The minimum atomic E-state index is 0.119. The molecular weight excluding hydrogens is 210 g/mol. The zero-order valence-electron chi connectivity index (χ0n) is 8.87. The fourth-order valence-corrected chi connectivity index (χ4v) is 2.07. The van der Waals surface area contributed by atoms with Crippen LogP contribution >= 0.6 is 11.6 Å². The Morgan fingerprint density at radius 2 is 2.40 bits per heavy atom. The van der Waals surface area contributed by atoms with E-state index in [4.69, 9.17) is 16.3 Å². The highest BCUT2D eigenvalue weighted by Gasteiger charge is 2.18. The molecule has 1 heterocycles. The molecule has 0 radical (unpaired) electrons. The second-order valence-electron chi connectivity index (χ2n) is 3.95. The molecule has 2 unspecified atom stereocenters. The summed E-state index contributed by atoms with van der Waals surface area (Å²) in [7, 11) is 0. The molecule has 0 aliphatic carbocycles. The van der Waals surface area contributed by atoms with Gasteiger partial charge in [0.25, 0.3) is 0 Å². The van der Waals surface area contributed by atoms with Crippen LogP contribution in [0.1, 0.15) is 25.0 Å². The number of hydrogen-bond acceptors (Lipinski definition) is 2. The zero-order valence-corrected chi connectivity index (χ0v) is 9.63. The van der Waals surface area contributed by atoms with Gasteiger partial charge in [0.05, 0.1) is 12.2 Å². The van der Waals surface area contributed by atoms with Crippen molar-refractivity contribution >= 4 is 11.6 Å². The minimum Gasteiger partial charge on any atom is -0.369 e. The second-order valence-corrected chi connectivity index (χ2v) is 4.38. The van der Waals surface area contributed by atoms with E-state index in [2.05, 4.69) is 18.3 Å². The molecule has 0 amide bonds. The Morgan fingerprint density at radius 1 is 1.53 bits per heavy atom. The summed E-state index contributed by atoms with van der Waals surface area (Å²) in [4.78, 5) is 0. The van der Waals surface area contributed by atoms with Gasteiger partial charge >= 0.3 is 0 Å². The summed E-state index contributed by atoms with van der Waals surface area (Å²) in [6.45, 7) is 4.10. The van der Waals surface area contributed by atoms with Gasteiger partial charge in [0, 0.05) is 11.6 Å². The Kier molecular flexibility index (Phi) is 3.62. The lowest BCUT2D eigenvalue weighted by molar-refractivity contribution is 0.00829. The first-order valence-electron chi connectivity index (χ1n) is 5.37. The minimum absolute atomic E-state index is 0.119. The molecule has 1 aromatic carbocycles. The summed E-state index contributed by atoms with van der Waals surface area (Å²) < 4.78 is 5.93. The van der Waals surface area contributed by atoms with Crippen LogP contribution in [0.5, 0.6) is 0 Å². The highest BCUT2D eigenvalue weighted by atomic mass is 35.5. The average molecular weight is 226 g/mol. The first kappa shape index (κ1) is 10.9. The number of hydrogen-bond donors (Lipinski definition) is 1. The Morgan fingerprint density at radius 3 is 3.07 bits per heavy atom. The van der Waals surface area contributed by atoms with Crippen molar-refractivity contribution in [2.75, 3.05) is 13.1 Å².